The minimum Gasteiger partial charge on any atom is -0.456 e. The smallest absolute Gasteiger partial charge is 0.137 e. The lowest BCUT2D eigenvalue weighted by Gasteiger charge is -2.54. The highest BCUT2D eigenvalue weighted by Crippen LogP contribution is 2.83. The van der Waals surface area contributed by atoms with Gasteiger partial charge in [0.2, 0.25) is 0 Å². The number of nitrogens with zero attached hydrogens (tertiary/aromatic N) is 1. The van der Waals surface area contributed by atoms with E-state index >= 15 is 0 Å². The van der Waals surface area contributed by atoms with E-state index in [4.69, 9.17) is 4.42 Å². The van der Waals surface area contributed by atoms with Gasteiger partial charge in [-0.3, -0.25) is 0 Å². The largest absolute Gasteiger partial charge is 0.456 e. The molecule has 5 aliphatic carbocycles. The molecule has 13 rings (SSSR count). The Bertz CT molecular complexity index is 2820. The molecule has 2 nitrogen and oxygen atoms in total. The molecule has 6 unspecified atom stereocenters. The highest BCUT2D eigenvalue weighted by atomic mass is 16.3. The van der Waals surface area contributed by atoms with Crippen molar-refractivity contribution in [3.05, 3.63) is 163 Å². The van der Waals surface area contributed by atoms with Crippen molar-refractivity contribution in [3.8, 4) is 22.3 Å². The molecule has 254 valence electrons. The Morgan fingerprint density at radius 1 is 0.528 bits per heavy atom. The van der Waals surface area contributed by atoms with Crippen LogP contribution in [-0.4, -0.2) is 0 Å². The van der Waals surface area contributed by atoms with E-state index in [0.29, 0.717) is 5.41 Å². The normalized spacial score (nSPS) is 27.0. The summed E-state index contributed by atoms with van der Waals surface area (Å²) in [5.74, 6) is 3.51. The Kier molecular flexibility index (Phi) is 5.50. The van der Waals surface area contributed by atoms with Crippen molar-refractivity contribution in [3.63, 3.8) is 0 Å². The summed E-state index contributed by atoms with van der Waals surface area (Å²) in [6.45, 7) is 0. The molecule has 0 amide bonds. The van der Waals surface area contributed by atoms with Gasteiger partial charge in [0.15, 0.2) is 0 Å². The monoisotopic (exact) mass is 681 g/mol. The van der Waals surface area contributed by atoms with Gasteiger partial charge in [-0.2, -0.15) is 0 Å². The number of furan rings is 1. The van der Waals surface area contributed by atoms with E-state index in [1.807, 2.05) is 6.07 Å². The minimum atomic E-state index is 0.189. The molecular weight excluding hydrogens is 643 g/mol. The summed E-state index contributed by atoms with van der Waals surface area (Å²) in [6.07, 6.45) is 7.31. The fourth-order valence-corrected chi connectivity index (χ4v) is 13.3. The van der Waals surface area contributed by atoms with Crippen molar-refractivity contribution < 1.29 is 4.42 Å². The van der Waals surface area contributed by atoms with Crippen LogP contribution in [0.4, 0.5) is 17.1 Å². The zero-order valence-corrected chi connectivity index (χ0v) is 29.6. The molecule has 1 heterocycles. The molecule has 0 saturated heterocycles. The van der Waals surface area contributed by atoms with Gasteiger partial charge >= 0.3 is 0 Å². The molecule has 0 radical (unpaired) electrons. The first-order valence-corrected chi connectivity index (χ1v) is 19.7. The molecule has 7 aromatic carbocycles. The van der Waals surface area contributed by atoms with Crippen molar-refractivity contribution in [2.45, 2.75) is 37.5 Å². The lowest BCUT2D eigenvalue weighted by molar-refractivity contribution is -0.0193. The van der Waals surface area contributed by atoms with Crippen molar-refractivity contribution >= 4 is 49.8 Å². The van der Waals surface area contributed by atoms with Gasteiger partial charge in [-0.25, -0.2) is 0 Å². The van der Waals surface area contributed by atoms with Gasteiger partial charge in [-0.1, -0.05) is 109 Å². The average molecular weight is 682 g/mol. The second-order valence-corrected chi connectivity index (χ2v) is 17.0. The third-order valence-electron chi connectivity index (χ3n) is 15.0. The summed E-state index contributed by atoms with van der Waals surface area (Å²) in [6, 6.07) is 56.5. The number of rotatable bonds is 4. The quantitative estimate of drug-likeness (QED) is 0.184. The third-order valence-corrected chi connectivity index (χ3v) is 15.0. The van der Waals surface area contributed by atoms with E-state index < -0.39 is 0 Å². The highest BCUT2D eigenvalue weighted by Gasteiger charge is 2.76. The van der Waals surface area contributed by atoms with Crippen LogP contribution < -0.4 is 4.90 Å². The first-order chi connectivity index (χ1) is 26.2. The van der Waals surface area contributed by atoms with E-state index in [1.165, 1.54) is 65.1 Å². The summed E-state index contributed by atoms with van der Waals surface area (Å²) in [5, 5.41) is 4.74. The van der Waals surface area contributed by atoms with Gasteiger partial charge in [0.25, 0.3) is 0 Å². The lowest BCUT2D eigenvalue weighted by atomic mass is 9.49. The second kappa shape index (κ2) is 10.1. The number of para-hydroxylation sites is 1. The van der Waals surface area contributed by atoms with Gasteiger partial charge in [-0.05, 0) is 136 Å². The maximum absolute atomic E-state index is 6.42. The van der Waals surface area contributed by atoms with E-state index in [1.54, 1.807) is 11.1 Å². The van der Waals surface area contributed by atoms with Crippen LogP contribution in [0.2, 0.25) is 0 Å². The van der Waals surface area contributed by atoms with Gasteiger partial charge in [-0.15, -0.1) is 0 Å². The van der Waals surface area contributed by atoms with E-state index in [-0.39, 0.29) is 5.41 Å². The fourth-order valence-electron chi connectivity index (χ4n) is 13.3. The lowest BCUT2D eigenvalue weighted by Crippen LogP contribution is -2.50. The Labute approximate surface area is 309 Å². The van der Waals surface area contributed by atoms with Gasteiger partial charge < -0.3 is 9.32 Å². The third kappa shape index (κ3) is 3.56. The van der Waals surface area contributed by atoms with Crippen molar-refractivity contribution in [2.24, 2.45) is 29.1 Å². The maximum Gasteiger partial charge on any atom is 0.137 e. The highest BCUT2D eigenvalue weighted by molar-refractivity contribution is 6.07. The molecule has 6 atom stereocenters. The molecule has 2 heteroatoms. The molecule has 0 aliphatic heterocycles. The predicted octanol–water partition coefficient (Wildman–Crippen LogP) is 13.6. The van der Waals surface area contributed by atoms with Crippen LogP contribution in [0.5, 0.6) is 0 Å². The van der Waals surface area contributed by atoms with Crippen LogP contribution in [0.25, 0.3) is 55.0 Å². The zero-order valence-electron chi connectivity index (χ0n) is 29.6. The first-order valence-electron chi connectivity index (χ1n) is 19.7. The molecule has 3 bridgehead atoms. The summed E-state index contributed by atoms with van der Waals surface area (Å²) in [4.78, 5) is 2.40. The van der Waals surface area contributed by atoms with E-state index in [0.717, 1.165) is 62.7 Å². The maximum atomic E-state index is 6.42. The zero-order chi connectivity index (χ0) is 34.5. The molecule has 2 spiro atoms. The topological polar surface area (TPSA) is 16.4 Å². The Morgan fingerprint density at radius 3 is 2.19 bits per heavy atom. The standard InChI is InChI=1S/C51H39NO/c1-2-11-38-32(9-1)10-7-17-45(38)52(37-23-24-41-40-12-4-6-18-46(40)53-47(41)28-37)36-21-19-33(20-22-36)39-14-8-16-44-49(39)42-13-3-5-15-43(42)51(44)35-26-31-25-34-27-48(51)50(34,29-31)30-35/h1-24,28,31,34-35,48H,25-27,29-30H2. The van der Waals surface area contributed by atoms with Gasteiger partial charge in [0.05, 0.1) is 5.69 Å². The fraction of sp³-hybridized carbons (Fsp3) is 0.216. The molecule has 4 fully saturated rings. The molecule has 5 aliphatic rings. The SMILES string of the molecule is c1ccc2c(c1)-c1c(-c3ccc(N(c4ccc5c(c4)oc4ccccc45)c4cccc5ccccc45)cc3)cccc1C21C2CC3CC4CC1C4(C3)C2. The summed E-state index contributed by atoms with van der Waals surface area (Å²) < 4.78 is 6.42. The van der Waals surface area contributed by atoms with Gasteiger partial charge in [0.1, 0.15) is 11.2 Å². The molecule has 0 N–H and O–H groups in total. The second-order valence-electron chi connectivity index (χ2n) is 17.0. The van der Waals surface area contributed by atoms with Crippen molar-refractivity contribution in [2.75, 3.05) is 4.90 Å². The number of hydrogen-bond acceptors (Lipinski definition) is 2. The predicted molar refractivity (Wildman–Crippen MR) is 217 cm³/mol. The van der Waals surface area contributed by atoms with Crippen molar-refractivity contribution in [1.82, 2.24) is 0 Å². The average Bonchev–Trinajstić information content (AvgIpc) is 3.83. The molecule has 53 heavy (non-hydrogen) atoms. The van der Waals surface area contributed by atoms with Crippen LogP contribution in [0.15, 0.2) is 156 Å². The van der Waals surface area contributed by atoms with Crippen LogP contribution >= 0.6 is 0 Å². The Hall–Kier alpha value is -5.60. The van der Waals surface area contributed by atoms with Crippen molar-refractivity contribution in [1.29, 1.82) is 0 Å². The number of hydrogen-bond donors (Lipinski definition) is 0. The Morgan fingerprint density at radius 2 is 1.25 bits per heavy atom. The van der Waals surface area contributed by atoms with Crippen LogP contribution in [-0.2, 0) is 5.41 Å². The molecule has 1 aromatic heterocycles. The summed E-state index contributed by atoms with van der Waals surface area (Å²) in [5.41, 5.74) is 14.9. The first kappa shape index (κ1) is 28.9. The molecular formula is C51H39NO. The van der Waals surface area contributed by atoms with E-state index in [2.05, 4.69) is 150 Å². The van der Waals surface area contributed by atoms with Crippen LogP contribution in [0.1, 0.15) is 43.2 Å². The molecule has 4 saturated carbocycles. The van der Waals surface area contributed by atoms with Crippen LogP contribution in [0.3, 0.4) is 0 Å². The number of fused-ring (bicyclic) bond motifs is 13. The van der Waals surface area contributed by atoms with Gasteiger partial charge in [0, 0.05) is 39.0 Å². The number of benzene rings is 7. The van der Waals surface area contributed by atoms with E-state index in [9.17, 15) is 0 Å². The van der Waals surface area contributed by atoms with Crippen LogP contribution in [0, 0.1) is 29.1 Å². The molecule has 8 aromatic rings. The number of anilines is 3. The summed E-state index contributed by atoms with van der Waals surface area (Å²) in [7, 11) is 0. The Balaban J connectivity index is 0.969. The minimum absolute atomic E-state index is 0.189. The summed E-state index contributed by atoms with van der Waals surface area (Å²) >= 11 is 0.